The van der Waals surface area contributed by atoms with Crippen LogP contribution in [0, 0.1) is 17.0 Å². The summed E-state index contributed by atoms with van der Waals surface area (Å²) in [6.07, 6.45) is 0. The first-order valence-corrected chi connectivity index (χ1v) is 6.12. The third kappa shape index (κ3) is 2.62. The molecule has 0 aliphatic carbocycles. The van der Waals surface area contributed by atoms with E-state index in [2.05, 4.69) is 0 Å². The Morgan fingerprint density at radius 2 is 2.00 bits per heavy atom. The predicted octanol–water partition coefficient (Wildman–Crippen LogP) is 3.32. The molecule has 0 aliphatic heterocycles. The second-order valence-electron chi connectivity index (χ2n) is 4.32. The van der Waals surface area contributed by atoms with Gasteiger partial charge in [-0.3, -0.25) is 14.9 Å². The Kier molecular flexibility index (Phi) is 3.72. The molecule has 0 saturated heterocycles. The number of nitro benzene ring substituents is 1. The van der Waals surface area contributed by atoms with E-state index in [-0.39, 0.29) is 10.7 Å². The van der Waals surface area contributed by atoms with Crippen molar-refractivity contribution >= 4 is 23.2 Å². The van der Waals surface area contributed by atoms with E-state index >= 15 is 0 Å². The largest absolute Gasteiger partial charge is 0.366 e. The van der Waals surface area contributed by atoms with Crippen molar-refractivity contribution in [2.24, 2.45) is 5.73 Å². The van der Waals surface area contributed by atoms with Crippen molar-refractivity contribution in [1.82, 2.24) is 0 Å². The molecule has 0 aliphatic rings. The number of nitrogens with zero attached hydrogens (tertiary/aromatic N) is 1. The first kappa shape index (κ1) is 14.0. The molecule has 0 radical (unpaired) electrons. The lowest BCUT2D eigenvalue weighted by molar-refractivity contribution is -0.384. The summed E-state index contributed by atoms with van der Waals surface area (Å²) in [7, 11) is 0. The molecule has 1 amide bonds. The van der Waals surface area contributed by atoms with Crippen LogP contribution in [0.5, 0.6) is 0 Å². The number of carbonyl (C=O) groups excluding carboxylic acids is 1. The molecule has 2 aromatic carbocycles. The molecular weight excluding hydrogens is 280 g/mol. The third-order valence-corrected chi connectivity index (χ3v) is 3.25. The summed E-state index contributed by atoms with van der Waals surface area (Å²) in [4.78, 5) is 21.5. The Bertz CT molecular complexity index is 714. The van der Waals surface area contributed by atoms with E-state index in [1.54, 1.807) is 31.2 Å². The highest BCUT2D eigenvalue weighted by Crippen LogP contribution is 2.33. The molecule has 0 saturated carbocycles. The van der Waals surface area contributed by atoms with Crippen molar-refractivity contribution in [3.8, 4) is 11.1 Å². The highest BCUT2D eigenvalue weighted by atomic mass is 35.5. The van der Waals surface area contributed by atoms with Gasteiger partial charge in [0.05, 0.1) is 4.92 Å². The summed E-state index contributed by atoms with van der Waals surface area (Å²) in [5.41, 5.74) is 7.62. The minimum Gasteiger partial charge on any atom is -0.366 e. The van der Waals surface area contributed by atoms with Gasteiger partial charge in [0.2, 0.25) is 5.91 Å². The van der Waals surface area contributed by atoms with E-state index in [0.717, 1.165) is 11.1 Å². The van der Waals surface area contributed by atoms with Crippen molar-refractivity contribution in [3.05, 3.63) is 62.7 Å². The first-order chi connectivity index (χ1) is 9.40. The Hall–Kier alpha value is -2.40. The van der Waals surface area contributed by atoms with Gasteiger partial charge < -0.3 is 5.73 Å². The Morgan fingerprint density at radius 1 is 1.30 bits per heavy atom. The third-order valence-electron chi connectivity index (χ3n) is 2.95. The van der Waals surface area contributed by atoms with Gasteiger partial charge in [0.15, 0.2) is 0 Å². The molecule has 0 unspecified atom stereocenters. The first-order valence-electron chi connectivity index (χ1n) is 5.75. The molecule has 5 nitrogen and oxygen atoms in total. The fourth-order valence-electron chi connectivity index (χ4n) is 1.96. The Balaban J connectivity index is 2.59. The molecule has 6 heteroatoms. The van der Waals surface area contributed by atoms with Gasteiger partial charge in [-0.25, -0.2) is 0 Å². The van der Waals surface area contributed by atoms with Gasteiger partial charge in [-0.15, -0.1) is 0 Å². The van der Waals surface area contributed by atoms with Crippen LogP contribution in [0.1, 0.15) is 15.9 Å². The van der Waals surface area contributed by atoms with Crippen molar-refractivity contribution < 1.29 is 9.72 Å². The predicted molar refractivity (Wildman–Crippen MR) is 76.8 cm³/mol. The Morgan fingerprint density at radius 3 is 2.60 bits per heavy atom. The minimum atomic E-state index is -0.530. The molecule has 2 N–H and O–H groups in total. The molecule has 0 spiro atoms. The van der Waals surface area contributed by atoms with Gasteiger partial charge in [-0.1, -0.05) is 23.7 Å². The van der Waals surface area contributed by atoms with Gasteiger partial charge in [0.25, 0.3) is 5.69 Å². The minimum absolute atomic E-state index is 0.0556. The lowest BCUT2D eigenvalue weighted by Gasteiger charge is -2.08. The van der Waals surface area contributed by atoms with Crippen LogP contribution in [0.3, 0.4) is 0 Å². The van der Waals surface area contributed by atoms with Gasteiger partial charge in [0, 0.05) is 11.6 Å². The average Bonchev–Trinajstić information content (AvgIpc) is 2.40. The van der Waals surface area contributed by atoms with Gasteiger partial charge in [0.1, 0.15) is 5.02 Å². The molecule has 2 rings (SSSR count). The van der Waals surface area contributed by atoms with Crippen molar-refractivity contribution in [2.75, 3.05) is 0 Å². The summed E-state index contributed by atoms with van der Waals surface area (Å²) < 4.78 is 0. The molecule has 20 heavy (non-hydrogen) atoms. The van der Waals surface area contributed by atoms with Crippen LogP contribution in [0.15, 0.2) is 36.4 Å². The topological polar surface area (TPSA) is 86.2 Å². The molecule has 0 atom stereocenters. The van der Waals surface area contributed by atoms with Gasteiger partial charge in [-0.05, 0) is 41.8 Å². The quantitative estimate of drug-likeness (QED) is 0.695. The highest BCUT2D eigenvalue weighted by Gasteiger charge is 2.16. The van der Waals surface area contributed by atoms with E-state index < -0.39 is 10.8 Å². The number of amides is 1. The van der Waals surface area contributed by atoms with Crippen LogP contribution in [-0.2, 0) is 0 Å². The maximum atomic E-state index is 11.2. The van der Waals surface area contributed by atoms with Crippen molar-refractivity contribution in [1.29, 1.82) is 0 Å². The van der Waals surface area contributed by atoms with Crippen LogP contribution in [0.4, 0.5) is 5.69 Å². The van der Waals surface area contributed by atoms with E-state index in [0.29, 0.717) is 11.1 Å². The summed E-state index contributed by atoms with van der Waals surface area (Å²) in [5, 5.41) is 10.9. The molecule has 102 valence electrons. The van der Waals surface area contributed by atoms with Crippen LogP contribution in [0.2, 0.25) is 5.02 Å². The lowest BCUT2D eigenvalue weighted by Crippen LogP contribution is -2.10. The number of hydrogen-bond donors (Lipinski definition) is 1. The van der Waals surface area contributed by atoms with E-state index in [4.69, 9.17) is 17.3 Å². The van der Waals surface area contributed by atoms with Gasteiger partial charge >= 0.3 is 0 Å². The zero-order valence-corrected chi connectivity index (χ0v) is 11.3. The lowest BCUT2D eigenvalue weighted by atomic mass is 9.98. The maximum absolute atomic E-state index is 11.2. The SMILES string of the molecule is Cc1cc([N+](=O)[O-])c(Cl)cc1-c1cccc(C(N)=O)c1. The number of halogens is 1. The zero-order chi connectivity index (χ0) is 14.9. The number of nitrogens with two attached hydrogens (primary N) is 1. The molecule has 0 aromatic heterocycles. The number of hydrogen-bond acceptors (Lipinski definition) is 3. The molecule has 2 aromatic rings. The van der Waals surface area contributed by atoms with Crippen LogP contribution >= 0.6 is 11.6 Å². The van der Waals surface area contributed by atoms with Crippen LogP contribution in [-0.4, -0.2) is 10.8 Å². The molecule has 0 bridgehead atoms. The van der Waals surface area contributed by atoms with E-state index in [9.17, 15) is 14.9 Å². The van der Waals surface area contributed by atoms with Crippen molar-refractivity contribution in [3.63, 3.8) is 0 Å². The number of benzene rings is 2. The molecule has 0 fully saturated rings. The molecular formula is C14H11ClN2O3. The number of nitro groups is 1. The number of rotatable bonds is 3. The highest BCUT2D eigenvalue weighted by molar-refractivity contribution is 6.33. The summed E-state index contributed by atoms with van der Waals surface area (Å²) in [6.45, 7) is 1.75. The second-order valence-corrected chi connectivity index (χ2v) is 4.73. The average molecular weight is 291 g/mol. The van der Waals surface area contributed by atoms with Crippen molar-refractivity contribution in [2.45, 2.75) is 6.92 Å². The maximum Gasteiger partial charge on any atom is 0.288 e. The normalized spacial score (nSPS) is 10.3. The summed E-state index contributed by atoms with van der Waals surface area (Å²) in [5.74, 6) is -0.530. The van der Waals surface area contributed by atoms with Gasteiger partial charge in [-0.2, -0.15) is 0 Å². The standard InChI is InChI=1S/C14H11ClN2O3/c1-8-5-13(17(19)20)12(15)7-11(8)9-3-2-4-10(6-9)14(16)18/h2-7H,1H3,(H2,16,18). The second kappa shape index (κ2) is 5.30. The Labute approximate surface area is 120 Å². The summed E-state index contributed by atoms with van der Waals surface area (Å²) in [6, 6.07) is 9.66. The van der Waals surface area contributed by atoms with Crippen LogP contribution < -0.4 is 5.73 Å². The number of aryl methyl sites for hydroxylation is 1. The monoisotopic (exact) mass is 290 g/mol. The number of carbonyl (C=O) groups is 1. The number of primary amides is 1. The molecule has 0 heterocycles. The van der Waals surface area contributed by atoms with E-state index in [1.807, 2.05) is 0 Å². The van der Waals surface area contributed by atoms with Crippen LogP contribution in [0.25, 0.3) is 11.1 Å². The zero-order valence-electron chi connectivity index (χ0n) is 10.6. The fourth-order valence-corrected chi connectivity index (χ4v) is 2.19. The fraction of sp³-hybridized carbons (Fsp3) is 0.0714. The van der Waals surface area contributed by atoms with E-state index in [1.165, 1.54) is 12.1 Å². The smallest absolute Gasteiger partial charge is 0.288 e. The summed E-state index contributed by atoms with van der Waals surface area (Å²) >= 11 is 5.92.